The number of esters is 1. The fourth-order valence-electron chi connectivity index (χ4n) is 6.11. The van der Waals surface area contributed by atoms with Crippen molar-refractivity contribution in [2.75, 3.05) is 6.61 Å². The van der Waals surface area contributed by atoms with Gasteiger partial charge in [-0.1, -0.05) is 66.7 Å². The second-order valence-electron chi connectivity index (χ2n) is 12.8. The predicted molar refractivity (Wildman–Crippen MR) is 163 cm³/mol. The van der Waals surface area contributed by atoms with Crippen LogP contribution in [0.2, 0.25) is 0 Å². The van der Waals surface area contributed by atoms with Crippen LogP contribution in [0.1, 0.15) is 69.8 Å². The molecule has 0 radical (unpaired) electrons. The van der Waals surface area contributed by atoms with Crippen LogP contribution >= 0.6 is 0 Å². The molecule has 0 saturated carbocycles. The van der Waals surface area contributed by atoms with Crippen LogP contribution in [-0.2, 0) is 26.2 Å². The van der Waals surface area contributed by atoms with Crippen molar-refractivity contribution in [2.24, 2.45) is 0 Å². The van der Waals surface area contributed by atoms with E-state index in [1.807, 2.05) is 57.2 Å². The van der Waals surface area contributed by atoms with E-state index in [2.05, 4.69) is 74.0 Å². The van der Waals surface area contributed by atoms with Crippen molar-refractivity contribution >= 4 is 23.0 Å². The summed E-state index contributed by atoms with van der Waals surface area (Å²) >= 11 is 0. The number of fused-ring (bicyclic) bond motifs is 4. The van der Waals surface area contributed by atoms with Gasteiger partial charge >= 0.3 is 12.1 Å². The number of nitrogens with one attached hydrogen (secondary N) is 1. The number of hydrogen-bond acceptors (Lipinski definition) is 4. The summed E-state index contributed by atoms with van der Waals surface area (Å²) in [4.78, 5) is 26.7. The number of hydrogen-bond donors (Lipinski definition) is 1. The average molecular weight is 553 g/mol. The molecule has 214 valence electrons. The van der Waals surface area contributed by atoms with Crippen LogP contribution in [0.25, 0.3) is 22.0 Å². The average Bonchev–Trinajstić information content (AvgIpc) is 3.37. The highest BCUT2D eigenvalue weighted by atomic mass is 16.6. The molecule has 1 aliphatic carbocycles. The van der Waals surface area contributed by atoms with Crippen LogP contribution in [-0.4, -0.2) is 34.9 Å². The fraction of sp³-hybridized carbons (Fsp3) is 0.371. The molecule has 3 aromatic carbocycles. The van der Waals surface area contributed by atoms with Gasteiger partial charge in [0.15, 0.2) is 0 Å². The molecule has 0 fully saturated rings. The summed E-state index contributed by atoms with van der Waals surface area (Å²) in [5.41, 5.74) is 6.88. The van der Waals surface area contributed by atoms with Crippen LogP contribution in [0.15, 0.2) is 72.8 Å². The van der Waals surface area contributed by atoms with Crippen molar-refractivity contribution < 1.29 is 19.1 Å². The summed E-state index contributed by atoms with van der Waals surface area (Å²) in [7, 11) is 0. The minimum atomic E-state index is -0.914. The number of carbonyl (C=O) groups excluding carboxylic acids is 2. The molecular weight excluding hydrogens is 512 g/mol. The zero-order valence-corrected chi connectivity index (χ0v) is 25.1. The van der Waals surface area contributed by atoms with E-state index >= 15 is 0 Å². The molecule has 41 heavy (non-hydrogen) atoms. The van der Waals surface area contributed by atoms with Gasteiger partial charge in [0.25, 0.3) is 0 Å². The van der Waals surface area contributed by atoms with Gasteiger partial charge in [-0.2, -0.15) is 0 Å². The Morgan fingerprint density at radius 1 is 0.854 bits per heavy atom. The third kappa shape index (κ3) is 5.74. The lowest BCUT2D eigenvalue weighted by Crippen LogP contribution is -2.46. The topological polar surface area (TPSA) is 69.6 Å². The highest BCUT2D eigenvalue weighted by Gasteiger charge is 2.33. The predicted octanol–water partition coefficient (Wildman–Crippen LogP) is 7.50. The maximum Gasteiger partial charge on any atom is 0.407 e. The summed E-state index contributed by atoms with van der Waals surface area (Å²) in [6, 6.07) is 23.7. The van der Waals surface area contributed by atoms with Gasteiger partial charge in [-0.25, -0.2) is 9.59 Å². The van der Waals surface area contributed by atoms with Crippen LogP contribution in [0, 0.1) is 6.92 Å². The molecule has 5 rings (SSSR count). The molecule has 0 spiro atoms. The Morgan fingerprint density at radius 3 is 2.00 bits per heavy atom. The van der Waals surface area contributed by atoms with Crippen molar-refractivity contribution in [1.29, 1.82) is 0 Å². The molecule has 1 amide bonds. The Hall–Kier alpha value is -4.06. The van der Waals surface area contributed by atoms with Gasteiger partial charge in [0.1, 0.15) is 18.2 Å². The number of rotatable bonds is 6. The van der Waals surface area contributed by atoms with Gasteiger partial charge in [-0.15, -0.1) is 0 Å². The SMILES string of the molecule is Cc1c(C[C@H](NC(=O)OCC2c3ccccc3-c3ccccc32)C(=O)OC(C)(C)C)c2ccccc2n1C(C)(C)C. The van der Waals surface area contributed by atoms with Gasteiger partial charge in [0.2, 0.25) is 0 Å². The first kappa shape index (κ1) is 28.5. The minimum absolute atomic E-state index is 0.0693. The van der Waals surface area contributed by atoms with Gasteiger partial charge in [-0.05, 0) is 82.3 Å². The number of carbonyl (C=O) groups is 2. The Kier molecular flexibility index (Phi) is 7.45. The summed E-state index contributed by atoms with van der Waals surface area (Å²) in [5.74, 6) is -0.557. The number of para-hydroxylation sites is 1. The molecule has 0 bridgehead atoms. The lowest BCUT2D eigenvalue weighted by molar-refractivity contribution is -0.157. The van der Waals surface area contributed by atoms with Gasteiger partial charge < -0.3 is 19.4 Å². The molecule has 1 heterocycles. The third-order valence-electron chi connectivity index (χ3n) is 7.65. The van der Waals surface area contributed by atoms with Crippen LogP contribution in [0.3, 0.4) is 0 Å². The first-order chi connectivity index (χ1) is 19.3. The van der Waals surface area contributed by atoms with E-state index in [1.54, 1.807) is 0 Å². The van der Waals surface area contributed by atoms with Crippen molar-refractivity contribution in [3.8, 4) is 11.1 Å². The molecule has 4 aromatic rings. The van der Waals surface area contributed by atoms with Gasteiger partial charge in [0.05, 0.1) is 0 Å². The Bertz CT molecular complexity index is 1560. The van der Waals surface area contributed by atoms with Gasteiger partial charge in [-0.3, -0.25) is 0 Å². The molecule has 1 aliphatic rings. The Morgan fingerprint density at radius 2 is 1.41 bits per heavy atom. The van der Waals surface area contributed by atoms with E-state index in [9.17, 15) is 9.59 Å². The smallest absolute Gasteiger partial charge is 0.407 e. The maximum atomic E-state index is 13.4. The Balaban J connectivity index is 1.40. The number of amides is 1. The summed E-state index contributed by atoms with van der Waals surface area (Å²) in [6.45, 7) is 14.2. The number of benzene rings is 3. The van der Waals surface area contributed by atoms with Crippen LogP contribution in [0.4, 0.5) is 4.79 Å². The maximum absolute atomic E-state index is 13.4. The highest BCUT2D eigenvalue weighted by molar-refractivity contribution is 5.88. The van der Waals surface area contributed by atoms with E-state index in [0.29, 0.717) is 0 Å². The molecule has 1 N–H and O–H groups in total. The molecular formula is C35H40N2O4. The zero-order chi connectivity index (χ0) is 29.5. The van der Waals surface area contributed by atoms with Gasteiger partial charge in [0, 0.05) is 34.5 Å². The molecule has 6 heteroatoms. The fourth-order valence-corrected chi connectivity index (χ4v) is 6.11. The normalized spacial score (nSPS) is 13.9. The van der Waals surface area contributed by atoms with E-state index in [4.69, 9.17) is 9.47 Å². The molecule has 0 saturated heterocycles. The number of ether oxygens (including phenoxy) is 2. The summed E-state index contributed by atoms with van der Waals surface area (Å²) < 4.78 is 13.8. The standard InChI is InChI=1S/C35H40N2O4/c1-22-28(27-18-12-13-19-31(27)37(22)34(2,3)4)20-30(32(38)41-35(5,6)7)36-33(39)40-21-29-25-16-10-8-14-23(25)24-15-9-11-17-26(24)29/h8-19,29-30H,20-21H2,1-7H3,(H,36,39)/t30-/m0/s1. The van der Waals surface area contributed by atoms with E-state index in [1.165, 1.54) is 0 Å². The monoisotopic (exact) mass is 552 g/mol. The second kappa shape index (κ2) is 10.7. The first-order valence-corrected chi connectivity index (χ1v) is 14.3. The summed E-state index contributed by atoms with van der Waals surface area (Å²) in [5, 5.41) is 3.91. The van der Waals surface area contributed by atoms with Crippen molar-refractivity contribution in [2.45, 2.75) is 78.0 Å². The number of aromatic nitrogens is 1. The molecule has 1 aromatic heterocycles. The van der Waals surface area contributed by atoms with Crippen molar-refractivity contribution in [1.82, 2.24) is 9.88 Å². The van der Waals surface area contributed by atoms with Crippen molar-refractivity contribution in [3.05, 3.63) is 95.2 Å². The lowest BCUT2D eigenvalue weighted by atomic mass is 9.98. The Labute approximate surface area is 242 Å². The molecule has 1 atom stereocenters. The zero-order valence-electron chi connectivity index (χ0n) is 25.1. The largest absolute Gasteiger partial charge is 0.458 e. The van der Waals surface area contributed by atoms with E-state index in [0.717, 1.165) is 44.4 Å². The number of nitrogens with zero attached hydrogens (tertiary/aromatic N) is 1. The second-order valence-corrected chi connectivity index (χ2v) is 12.8. The quantitative estimate of drug-likeness (QED) is 0.252. The number of alkyl carbamates (subject to hydrolysis) is 1. The van der Waals surface area contributed by atoms with Crippen molar-refractivity contribution in [3.63, 3.8) is 0 Å². The molecule has 6 nitrogen and oxygen atoms in total. The lowest BCUT2D eigenvalue weighted by Gasteiger charge is -2.26. The molecule has 0 unspecified atom stereocenters. The third-order valence-corrected chi connectivity index (χ3v) is 7.65. The highest BCUT2D eigenvalue weighted by Crippen LogP contribution is 2.44. The summed E-state index contributed by atoms with van der Waals surface area (Å²) in [6.07, 6.45) is -0.353. The van der Waals surface area contributed by atoms with E-state index in [-0.39, 0.29) is 24.5 Å². The first-order valence-electron chi connectivity index (χ1n) is 14.3. The van der Waals surface area contributed by atoms with Crippen LogP contribution < -0.4 is 5.32 Å². The molecule has 0 aliphatic heterocycles. The van der Waals surface area contributed by atoms with E-state index < -0.39 is 23.7 Å². The minimum Gasteiger partial charge on any atom is -0.458 e. The van der Waals surface area contributed by atoms with Crippen LogP contribution in [0.5, 0.6) is 0 Å².